The minimum Gasteiger partial charge on any atom is -0.493 e. The zero-order valence-corrected chi connectivity index (χ0v) is 20.5. The first kappa shape index (κ1) is 24.4. The van der Waals surface area contributed by atoms with E-state index in [4.69, 9.17) is 14.0 Å². The summed E-state index contributed by atoms with van der Waals surface area (Å²) < 4.78 is 16.2. The van der Waals surface area contributed by atoms with E-state index < -0.39 is 0 Å². The van der Waals surface area contributed by atoms with Crippen LogP contribution in [0.2, 0.25) is 0 Å². The van der Waals surface area contributed by atoms with Crippen LogP contribution in [0.4, 0.5) is 0 Å². The van der Waals surface area contributed by atoms with Crippen LogP contribution in [0.5, 0.6) is 11.5 Å². The van der Waals surface area contributed by atoms with Gasteiger partial charge in [-0.05, 0) is 44.6 Å². The Labute approximate surface area is 201 Å². The SMILES string of the molecule is COc1ccc(-c2noc(CN3CCC[C@H](C(=O)NCCN4CCN(C)CC4)C3)n2)cc1OC. The predicted octanol–water partition coefficient (Wildman–Crippen LogP) is 1.33. The van der Waals surface area contributed by atoms with Gasteiger partial charge in [0.15, 0.2) is 11.5 Å². The summed E-state index contributed by atoms with van der Waals surface area (Å²) in [5.74, 6) is 2.46. The van der Waals surface area contributed by atoms with Gasteiger partial charge in [0.2, 0.25) is 17.6 Å². The van der Waals surface area contributed by atoms with Crippen molar-refractivity contribution in [3.8, 4) is 22.9 Å². The molecular weight excluding hydrogens is 436 g/mol. The summed E-state index contributed by atoms with van der Waals surface area (Å²) in [5.41, 5.74) is 0.795. The molecule has 0 spiro atoms. The highest BCUT2D eigenvalue weighted by Crippen LogP contribution is 2.31. The number of aromatic nitrogens is 2. The molecule has 186 valence electrons. The summed E-state index contributed by atoms with van der Waals surface area (Å²) in [4.78, 5) is 24.3. The summed E-state index contributed by atoms with van der Waals surface area (Å²) in [7, 11) is 5.35. The van der Waals surface area contributed by atoms with E-state index >= 15 is 0 Å². The van der Waals surface area contributed by atoms with Gasteiger partial charge in [-0.3, -0.25) is 14.6 Å². The largest absolute Gasteiger partial charge is 0.493 e. The second-order valence-corrected chi connectivity index (χ2v) is 9.09. The number of rotatable bonds is 9. The molecule has 1 amide bonds. The lowest BCUT2D eigenvalue weighted by Crippen LogP contribution is -2.48. The van der Waals surface area contributed by atoms with Gasteiger partial charge < -0.3 is 24.2 Å². The first-order chi connectivity index (χ1) is 16.6. The Hall–Kier alpha value is -2.69. The number of nitrogens with zero attached hydrogens (tertiary/aromatic N) is 5. The van der Waals surface area contributed by atoms with Crippen LogP contribution in [0.25, 0.3) is 11.4 Å². The third-order valence-corrected chi connectivity index (χ3v) is 6.67. The Morgan fingerprint density at radius 2 is 1.91 bits per heavy atom. The van der Waals surface area contributed by atoms with Crippen LogP contribution >= 0.6 is 0 Å². The average molecular weight is 473 g/mol. The monoisotopic (exact) mass is 472 g/mol. The second-order valence-electron chi connectivity index (χ2n) is 9.09. The molecule has 2 aliphatic rings. The van der Waals surface area contributed by atoms with Gasteiger partial charge in [0.1, 0.15) is 0 Å². The van der Waals surface area contributed by atoms with Gasteiger partial charge in [-0.1, -0.05) is 5.16 Å². The van der Waals surface area contributed by atoms with Crippen molar-refractivity contribution in [2.45, 2.75) is 19.4 Å². The molecule has 3 heterocycles. The number of amides is 1. The summed E-state index contributed by atoms with van der Waals surface area (Å²) >= 11 is 0. The minimum atomic E-state index is -0.00511. The van der Waals surface area contributed by atoms with Crippen LogP contribution in [0.3, 0.4) is 0 Å². The molecule has 1 atom stereocenters. The van der Waals surface area contributed by atoms with Gasteiger partial charge in [0.05, 0.1) is 26.7 Å². The third kappa shape index (κ3) is 6.25. The van der Waals surface area contributed by atoms with Gasteiger partial charge in [-0.2, -0.15) is 4.98 Å². The van der Waals surface area contributed by atoms with Gasteiger partial charge in [-0.15, -0.1) is 0 Å². The molecular formula is C24H36N6O4. The fourth-order valence-corrected chi connectivity index (χ4v) is 4.57. The van der Waals surface area contributed by atoms with Gasteiger partial charge in [0.25, 0.3) is 0 Å². The molecule has 2 fully saturated rings. The fourth-order valence-electron chi connectivity index (χ4n) is 4.57. The van der Waals surface area contributed by atoms with Crippen LogP contribution in [0.1, 0.15) is 18.7 Å². The number of hydrogen-bond donors (Lipinski definition) is 1. The molecule has 2 aromatic rings. The molecule has 0 aliphatic carbocycles. The fraction of sp³-hybridized carbons (Fsp3) is 0.625. The summed E-state index contributed by atoms with van der Waals surface area (Å²) in [6.07, 6.45) is 1.89. The summed E-state index contributed by atoms with van der Waals surface area (Å²) in [6, 6.07) is 5.53. The Bertz CT molecular complexity index is 943. The van der Waals surface area contributed by atoms with Crippen molar-refractivity contribution >= 4 is 5.91 Å². The molecule has 0 bridgehead atoms. The molecule has 1 N–H and O–H groups in total. The Morgan fingerprint density at radius 3 is 2.68 bits per heavy atom. The van der Waals surface area contributed by atoms with Crippen molar-refractivity contribution < 1.29 is 18.8 Å². The van der Waals surface area contributed by atoms with E-state index in [1.807, 2.05) is 18.2 Å². The van der Waals surface area contributed by atoms with Crippen molar-refractivity contribution in [3.63, 3.8) is 0 Å². The predicted molar refractivity (Wildman–Crippen MR) is 128 cm³/mol. The molecule has 2 saturated heterocycles. The molecule has 0 unspecified atom stereocenters. The van der Waals surface area contributed by atoms with Crippen LogP contribution in [0, 0.1) is 5.92 Å². The maximum absolute atomic E-state index is 12.8. The van der Waals surface area contributed by atoms with E-state index in [0.717, 1.165) is 57.7 Å². The molecule has 34 heavy (non-hydrogen) atoms. The first-order valence-electron chi connectivity index (χ1n) is 12.0. The van der Waals surface area contributed by atoms with Crippen molar-refractivity contribution in [3.05, 3.63) is 24.1 Å². The van der Waals surface area contributed by atoms with Gasteiger partial charge >= 0.3 is 0 Å². The topological polar surface area (TPSA) is 96.2 Å². The standard InChI is InChI=1S/C24H36N6O4/c1-28-11-13-29(14-12-28)10-8-25-24(31)19-5-4-9-30(16-19)17-22-26-23(27-34-22)18-6-7-20(32-2)21(15-18)33-3/h6-7,15,19H,4-5,8-14,16-17H2,1-3H3,(H,25,31)/t19-/m0/s1. The number of carbonyl (C=O) groups excluding carboxylic acids is 1. The lowest BCUT2D eigenvalue weighted by atomic mass is 9.97. The van der Waals surface area contributed by atoms with E-state index in [0.29, 0.717) is 42.8 Å². The molecule has 2 aliphatic heterocycles. The zero-order chi connectivity index (χ0) is 23.9. The highest BCUT2D eigenvalue weighted by molar-refractivity contribution is 5.78. The number of piperazine rings is 1. The molecule has 1 aromatic carbocycles. The number of methoxy groups -OCH3 is 2. The number of likely N-dealkylation sites (N-methyl/N-ethyl adjacent to an activating group) is 1. The smallest absolute Gasteiger partial charge is 0.241 e. The molecule has 10 nitrogen and oxygen atoms in total. The van der Waals surface area contributed by atoms with Crippen molar-refractivity contribution in [2.75, 3.05) is 73.6 Å². The molecule has 1 aromatic heterocycles. The van der Waals surface area contributed by atoms with Crippen LogP contribution in [-0.2, 0) is 11.3 Å². The minimum absolute atomic E-state index is 0.00511. The maximum atomic E-state index is 12.8. The van der Waals surface area contributed by atoms with E-state index in [1.54, 1.807) is 14.2 Å². The second kappa shape index (κ2) is 11.6. The van der Waals surface area contributed by atoms with E-state index in [1.165, 1.54) is 0 Å². The van der Waals surface area contributed by atoms with E-state index in [2.05, 4.69) is 37.2 Å². The maximum Gasteiger partial charge on any atom is 0.241 e. The Balaban J connectivity index is 1.26. The van der Waals surface area contributed by atoms with Crippen molar-refractivity contribution in [1.82, 2.24) is 30.2 Å². The third-order valence-electron chi connectivity index (χ3n) is 6.67. The van der Waals surface area contributed by atoms with E-state index in [-0.39, 0.29) is 11.8 Å². The highest BCUT2D eigenvalue weighted by atomic mass is 16.5. The van der Waals surface area contributed by atoms with Crippen LogP contribution in [-0.4, -0.2) is 104 Å². The van der Waals surface area contributed by atoms with Crippen LogP contribution < -0.4 is 14.8 Å². The molecule has 0 saturated carbocycles. The van der Waals surface area contributed by atoms with Gasteiger partial charge in [0, 0.05) is 51.4 Å². The molecule has 0 radical (unpaired) electrons. The molecule has 4 rings (SSSR count). The van der Waals surface area contributed by atoms with E-state index in [9.17, 15) is 4.79 Å². The number of carbonyl (C=O) groups is 1. The zero-order valence-electron chi connectivity index (χ0n) is 20.5. The quantitative estimate of drug-likeness (QED) is 0.580. The number of nitrogens with one attached hydrogen (secondary N) is 1. The van der Waals surface area contributed by atoms with Crippen molar-refractivity contribution in [2.24, 2.45) is 5.92 Å². The van der Waals surface area contributed by atoms with Gasteiger partial charge in [-0.25, -0.2) is 0 Å². The lowest BCUT2D eigenvalue weighted by molar-refractivity contribution is -0.126. The molecule has 10 heteroatoms. The Morgan fingerprint density at radius 1 is 1.12 bits per heavy atom. The van der Waals surface area contributed by atoms with Crippen LogP contribution in [0.15, 0.2) is 22.7 Å². The normalized spacial score (nSPS) is 20.3. The van der Waals surface area contributed by atoms with Crippen molar-refractivity contribution in [1.29, 1.82) is 0 Å². The number of ether oxygens (including phenoxy) is 2. The summed E-state index contributed by atoms with van der Waals surface area (Å²) in [5, 5.41) is 7.28. The number of hydrogen-bond acceptors (Lipinski definition) is 9. The summed E-state index contributed by atoms with van der Waals surface area (Å²) in [6.45, 7) is 8.09. The lowest BCUT2D eigenvalue weighted by Gasteiger charge is -2.33. The number of piperidine rings is 1. The average Bonchev–Trinajstić information content (AvgIpc) is 3.33. The highest BCUT2D eigenvalue weighted by Gasteiger charge is 2.27. The Kier molecular flexibility index (Phi) is 8.36. The number of benzene rings is 1. The first-order valence-corrected chi connectivity index (χ1v) is 12.0. The number of likely N-dealkylation sites (tertiary alicyclic amines) is 1.